The summed E-state index contributed by atoms with van der Waals surface area (Å²) >= 11 is 0. The van der Waals surface area contributed by atoms with E-state index in [1.165, 1.54) is 12.1 Å². The molecule has 0 saturated heterocycles. The molecule has 3 nitrogen and oxygen atoms in total. The van der Waals surface area contributed by atoms with Gasteiger partial charge in [0, 0.05) is 6.54 Å². The fourth-order valence-corrected chi connectivity index (χ4v) is 1.89. The smallest absolute Gasteiger partial charge is 0.257 e. The van der Waals surface area contributed by atoms with Crippen LogP contribution in [-0.4, -0.2) is 19.1 Å². The van der Waals surface area contributed by atoms with Crippen molar-refractivity contribution in [1.82, 2.24) is 5.32 Å². The molecule has 0 fully saturated rings. The van der Waals surface area contributed by atoms with Gasteiger partial charge >= 0.3 is 0 Å². The second-order valence-corrected chi connectivity index (χ2v) is 4.68. The maximum absolute atomic E-state index is 12.7. The number of rotatable bonds is 7. The minimum absolute atomic E-state index is 0.0144. The fourth-order valence-electron chi connectivity index (χ4n) is 1.89. The van der Waals surface area contributed by atoms with Gasteiger partial charge < -0.3 is 10.1 Å². The predicted molar refractivity (Wildman–Crippen MR) is 79.7 cm³/mol. The van der Waals surface area contributed by atoms with Crippen molar-refractivity contribution in [2.24, 2.45) is 0 Å². The molecule has 2 aromatic carbocycles. The highest BCUT2D eigenvalue weighted by Crippen LogP contribution is 2.07. The van der Waals surface area contributed by atoms with Crippen LogP contribution in [-0.2, 0) is 11.2 Å². The summed E-state index contributed by atoms with van der Waals surface area (Å²) in [6.07, 6.45) is 1.61. The summed E-state index contributed by atoms with van der Waals surface area (Å²) in [5, 5.41) is 2.80. The Balaban J connectivity index is 1.60. The van der Waals surface area contributed by atoms with Crippen molar-refractivity contribution in [1.29, 1.82) is 0 Å². The number of carbonyl (C=O) groups is 1. The van der Waals surface area contributed by atoms with E-state index in [2.05, 4.69) is 5.32 Å². The van der Waals surface area contributed by atoms with Crippen molar-refractivity contribution in [2.75, 3.05) is 13.2 Å². The van der Waals surface area contributed by atoms with Crippen LogP contribution in [0.25, 0.3) is 0 Å². The minimum atomic E-state index is -0.231. The van der Waals surface area contributed by atoms with E-state index in [9.17, 15) is 9.18 Å². The van der Waals surface area contributed by atoms with Gasteiger partial charge in [-0.1, -0.05) is 30.3 Å². The average molecular weight is 287 g/mol. The van der Waals surface area contributed by atoms with Crippen molar-refractivity contribution in [3.8, 4) is 5.75 Å². The lowest BCUT2D eigenvalue weighted by Gasteiger charge is -2.07. The van der Waals surface area contributed by atoms with Crippen LogP contribution in [0, 0.1) is 5.82 Å². The maximum atomic E-state index is 12.7. The summed E-state index contributed by atoms with van der Waals surface area (Å²) < 4.78 is 18.1. The Morgan fingerprint density at radius 1 is 1.05 bits per heavy atom. The van der Waals surface area contributed by atoms with E-state index in [1.807, 2.05) is 30.3 Å². The quantitative estimate of drug-likeness (QED) is 0.795. The topological polar surface area (TPSA) is 38.3 Å². The zero-order chi connectivity index (χ0) is 14.9. The highest BCUT2D eigenvalue weighted by Gasteiger charge is 2.02. The average Bonchev–Trinajstić information content (AvgIpc) is 2.52. The van der Waals surface area contributed by atoms with E-state index in [-0.39, 0.29) is 18.3 Å². The van der Waals surface area contributed by atoms with Crippen LogP contribution in [0.2, 0.25) is 0 Å². The largest absolute Gasteiger partial charge is 0.484 e. The van der Waals surface area contributed by atoms with Crippen LogP contribution >= 0.6 is 0 Å². The van der Waals surface area contributed by atoms with Crippen LogP contribution in [0.1, 0.15) is 12.0 Å². The molecule has 110 valence electrons. The van der Waals surface area contributed by atoms with Gasteiger partial charge in [-0.15, -0.1) is 0 Å². The molecule has 1 N–H and O–H groups in total. The van der Waals surface area contributed by atoms with Crippen LogP contribution < -0.4 is 10.1 Å². The molecule has 0 aromatic heterocycles. The van der Waals surface area contributed by atoms with Crippen LogP contribution in [0.15, 0.2) is 54.6 Å². The van der Waals surface area contributed by atoms with Gasteiger partial charge in [0.15, 0.2) is 6.61 Å². The second-order valence-electron chi connectivity index (χ2n) is 4.68. The van der Waals surface area contributed by atoms with E-state index in [4.69, 9.17) is 4.74 Å². The van der Waals surface area contributed by atoms with Crippen molar-refractivity contribution in [3.63, 3.8) is 0 Å². The van der Waals surface area contributed by atoms with Gasteiger partial charge in [-0.05, 0) is 42.7 Å². The molecule has 0 spiro atoms. The number of hydrogen-bond acceptors (Lipinski definition) is 2. The first kappa shape index (κ1) is 15.0. The van der Waals surface area contributed by atoms with Crippen molar-refractivity contribution >= 4 is 5.91 Å². The Kier molecular flexibility index (Phi) is 5.76. The van der Waals surface area contributed by atoms with Gasteiger partial charge in [-0.25, -0.2) is 4.39 Å². The number of ether oxygens (including phenoxy) is 1. The Bertz CT molecular complexity index is 555. The molecule has 0 unspecified atom stereocenters. The van der Waals surface area contributed by atoms with Crippen molar-refractivity contribution in [3.05, 3.63) is 66.0 Å². The number of aryl methyl sites for hydroxylation is 1. The molecule has 0 bridgehead atoms. The highest BCUT2D eigenvalue weighted by atomic mass is 19.1. The first-order valence-electron chi connectivity index (χ1n) is 6.93. The molecule has 4 heteroatoms. The van der Waals surface area contributed by atoms with Crippen LogP contribution in [0.5, 0.6) is 5.75 Å². The van der Waals surface area contributed by atoms with Crippen LogP contribution in [0.4, 0.5) is 4.39 Å². The number of carbonyl (C=O) groups excluding carboxylic acids is 1. The normalized spacial score (nSPS) is 10.1. The SMILES string of the molecule is O=C(COc1ccccc1)NCCCc1ccc(F)cc1. The van der Waals surface area contributed by atoms with E-state index < -0.39 is 0 Å². The monoisotopic (exact) mass is 287 g/mol. The molecule has 2 rings (SSSR count). The molecular weight excluding hydrogens is 269 g/mol. The molecule has 2 aromatic rings. The second kappa shape index (κ2) is 8.04. The predicted octanol–water partition coefficient (Wildman–Crippen LogP) is 2.95. The summed E-state index contributed by atoms with van der Waals surface area (Å²) in [6, 6.07) is 15.6. The van der Waals surface area contributed by atoms with Crippen molar-refractivity contribution < 1.29 is 13.9 Å². The lowest BCUT2D eigenvalue weighted by molar-refractivity contribution is -0.123. The molecule has 0 aliphatic rings. The molecule has 0 atom stereocenters. The molecule has 0 radical (unpaired) electrons. The summed E-state index contributed by atoms with van der Waals surface area (Å²) in [7, 11) is 0. The standard InChI is InChI=1S/C17H18FNO2/c18-15-10-8-14(9-11-15)5-4-12-19-17(20)13-21-16-6-2-1-3-7-16/h1-3,6-11H,4-5,12-13H2,(H,19,20). The Labute approximate surface area is 123 Å². The first-order valence-corrected chi connectivity index (χ1v) is 6.93. The van der Waals surface area contributed by atoms with Crippen molar-refractivity contribution in [2.45, 2.75) is 12.8 Å². The molecule has 21 heavy (non-hydrogen) atoms. The Morgan fingerprint density at radius 2 is 1.76 bits per heavy atom. The number of amides is 1. The summed E-state index contributed by atoms with van der Waals surface area (Å²) in [4.78, 5) is 11.6. The summed E-state index contributed by atoms with van der Waals surface area (Å²) in [5.41, 5.74) is 1.06. The van der Waals surface area contributed by atoms with Gasteiger partial charge in [0.05, 0.1) is 0 Å². The lowest BCUT2D eigenvalue weighted by Crippen LogP contribution is -2.29. The summed E-state index contributed by atoms with van der Waals surface area (Å²) in [6.45, 7) is 0.592. The van der Waals surface area contributed by atoms with Gasteiger partial charge in [0.25, 0.3) is 5.91 Å². The number of hydrogen-bond donors (Lipinski definition) is 1. The van der Waals surface area contributed by atoms with Gasteiger partial charge in [0.1, 0.15) is 11.6 Å². The molecule has 1 amide bonds. The zero-order valence-electron chi connectivity index (χ0n) is 11.7. The van der Waals surface area contributed by atoms with E-state index in [0.717, 1.165) is 18.4 Å². The van der Waals surface area contributed by atoms with Gasteiger partial charge in [-0.2, -0.15) is 0 Å². The fraction of sp³-hybridized carbons (Fsp3) is 0.235. The first-order chi connectivity index (χ1) is 10.2. The third-order valence-corrected chi connectivity index (χ3v) is 2.99. The maximum Gasteiger partial charge on any atom is 0.257 e. The molecule has 0 aliphatic carbocycles. The number of halogens is 1. The molecule has 0 aliphatic heterocycles. The molecule has 0 heterocycles. The van der Waals surface area contributed by atoms with E-state index in [0.29, 0.717) is 12.3 Å². The van der Waals surface area contributed by atoms with Gasteiger partial charge in [0.2, 0.25) is 0 Å². The number of benzene rings is 2. The third-order valence-electron chi connectivity index (χ3n) is 2.99. The Morgan fingerprint density at radius 3 is 2.48 bits per heavy atom. The number of para-hydroxylation sites is 1. The molecule has 0 saturated carbocycles. The Hall–Kier alpha value is -2.36. The zero-order valence-corrected chi connectivity index (χ0v) is 11.7. The molecular formula is C17H18FNO2. The van der Waals surface area contributed by atoms with Gasteiger partial charge in [-0.3, -0.25) is 4.79 Å². The number of nitrogens with one attached hydrogen (secondary N) is 1. The van der Waals surface area contributed by atoms with Crippen LogP contribution in [0.3, 0.4) is 0 Å². The van der Waals surface area contributed by atoms with E-state index >= 15 is 0 Å². The summed E-state index contributed by atoms with van der Waals surface area (Å²) in [5.74, 6) is 0.307. The van der Waals surface area contributed by atoms with E-state index in [1.54, 1.807) is 12.1 Å². The highest BCUT2D eigenvalue weighted by molar-refractivity contribution is 5.77. The third kappa shape index (κ3) is 5.65. The lowest BCUT2D eigenvalue weighted by atomic mass is 10.1. The minimum Gasteiger partial charge on any atom is -0.484 e.